The van der Waals surface area contributed by atoms with Gasteiger partial charge in [0.25, 0.3) is 10.0 Å². The summed E-state index contributed by atoms with van der Waals surface area (Å²) >= 11 is 0. The van der Waals surface area contributed by atoms with Crippen molar-refractivity contribution in [2.75, 3.05) is 25.2 Å². The van der Waals surface area contributed by atoms with E-state index in [1.54, 1.807) is 30.3 Å². The highest BCUT2D eigenvalue weighted by Gasteiger charge is 2.37. The van der Waals surface area contributed by atoms with Crippen molar-refractivity contribution in [3.8, 4) is 0 Å². The van der Waals surface area contributed by atoms with Gasteiger partial charge in [-0.3, -0.25) is 20.5 Å². The molecule has 3 heterocycles. The lowest BCUT2D eigenvalue weighted by molar-refractivity contribution is -0.125. The Hall–Kier alpha value is -3.02. The minimum absolute atomic E-state index is 0.124. The first kappa shape index (κ1) is 26.1. The summed E-state index contributed by atoms with van der Waals surface area (Å²) in [4.78, 5) is 24.0. The van der Waals surface area contributed by atoms with Gasteiger partial charge in [0, 0.05) is 19.3 Å². The van der Waals surface area contributed by atoms with Gasteiger partial charge >= 0.3 is 0 Å². The molecule has 2 N–H and O–H groups in total. The van der Waals surface area contributed by atoms with Gasteiger partial charge in [-0.2, -0.15) is 0 Å². The highest BCUT2D eigenvalue weighted by atomic mass is 32.2. The Morgan fingerprint density at radius 2 is 1.89 bits per heavy atom. The van der Waals surface area contributed by atoms with Gasteiger partial charge in [0.2, 0.25) is 5.91 Å². The van der Waals surface area contributed by atoms with E-state index in [0.717, 1.165) is 22.5 Å². The zero-order valence-corrected chi connectivity index (χ0v) is 22.2. The number of hydrogen-bond acceptors (Lipinski definition) is 8. The molecular weight excluding hydrogens is 480 g/mol. The van der Waals surface area contributed by atoms with Crippen LogP contribution in [0.1, 0.15) is 39.7 Å². The summed E-state index contributed by atoms with van der Waals surface area (Å²) in [7, 11) is -3.81. The number of carbonyl (C=O) groups excluding carboxylic acids is 1. The Bertz CT molecular complexity index is 1330. The van der Waals surface area contributed by atoms with Crippen LogP contribution in [0.5, 0.6) is 0 Å². The molecule has 0 bridgehead atoms. The van der Waals surface area contributed by atoms with Crippen molar-refractivity contribution in [1.29, 1.82) is 0 Å². The second kappa shape index (κ2) is 10.2. The number of aryl methyl sites for hydroxylation is 1. The molecule has 194 valence electrons. The molecule has 1 amide bonds. The van der Waals surface area contributed by atoms with Gasteiger partial charge < -0.3 is 4.74 Å². The molecule has 1 fully saturated rings. The monoisotopic (exact) mass is 514 g/mol. The molecule has 1 aliphatic rings. The number of benzene rings is 1. The molecule has 11 heteroatoms. The SMILES string of the molecule is CCC1CN(COC(C)(C)C)CC1C(=O)NNc1cnc2c(ccn2S(=O)(=O)c2ccc(C)cc2)n1. The fraction of sp³-hybridized carbons (Fsp3) is 0.480. The average Bonchev–Trinajstić information content (AvgIpc) is 3.45. The van der Waals surface area contributed by atoms with E-state index in [9.17, 15) is 13.2 Å². The van der Waals surface area contributed by atoms with Crippen LogP contribution in [0, 0.1) is 18.8 Å². The summed E-state index contributed by atoms with van der Waals surface area (Å²) < 4.78 is 33.1. The predicted octanol–water partition coefficient (Wildman–Crippen LogP) is 3.15. The van der Waals surface area contributed by atoms with Gasteiger partial charge in [0.05, 0.1) is 29.3 Å². The lowest BCUT2D eigenvalue weighted by Gasteiger charge is -2.24. The maximum absolute atomic E-state index is 13.1. The van der Waals surface area contributed by atoms with Crippen LogP contribution in [-0.4, -0.2) is 58.6 Å². The number of likely N-dealkylation sites (tertiary alicyclic amines) is 1. The Balaban J connectivity index is 1.42. The third-order valence-corrected chi connectivity index (χ3v) is 7.99. The maximum Gasteiger partial charge on any atom is 0.269 e. The Morgan fingerprint density at radius 3 is 2.56 bits per heavy atom. The van der Waals surface area contributed by atoms with Gasteiger partial charge in [-0.25, -0.2) is 22.4 Å². The highest BCUT2D eigenvalue weighted by Crippen LogP contribution is 2.27. The molecule has 2 atom stereocenters. The number of nitrogens with zero attached hydrogens (tertiary/aromatic N) is 4. The Labute approximate surface area is 212 Å². The van der Waals surface area contributed by atoms with Crippen LogP contribution in [0.3, 0.4) is 0 Å². The number of fused-ring (bicyclic) bond motifs is 1. The summed E-state index contributed by atoms with van der Waals surface area (Å²) in [5.74, 6) is 0.246. The van der Waals surface area contributed by atoms with Gasteiger partial charge in [-0.05, 0) is 51.8 Å². The zero-order chi connectivity index (χ0) is 26.1. The van der Waals surface area contributed by atoms with Crippen LogP contribution in [0.15, 0.2) is 47.6 Å². The molecule has 3 aromatic rings. The molecule has 0 saturated carbocycles. The van der Waals surface area contributed by atoms with Crippen molar-refractivity contribution < 1.29 is 17.9 Å². The predicted molar refractivity (Wildman–Crippen MR) is 138 cm³/mol. The molecule has 1 aromatic carbocycles. The highest BCUT2D eigenvalue weighted by molar-refractivity contribution is 7.90. The Morgan fingerprint density at radius 1 is 1.17 bits per heavy atom. The molecule has 0 spiro atoms. The van der Waals surface area contributed by atoms with Crippen molar-refractivity contribution >= 4 is 32.9 Å². The van der Waals surface area contributed by atoms with E-state index in [1.807, 2.05) is 27.7 Å². The molecule has 2 unspecified atom stereocenters. The number of amides is 1. The maximum atomic E-state index is 13.1. The second-order valence-corrected chi connectivity index (χ2v) is 12.0. The number of hydrogen-bond donors (Lipinski definition) is 2. The third-order valence-electron chi connectivity index (χ3n) is 6.31. The van der Waals surface area contributed by atoms with Crippen molar-refractivity contribution in [2.24, 2.45) is 11.8 Å². The van der Waals surface area contributed by atoms with Crippen LogP contribution in [0.2, 0.25) is 0 Å². The number of ether oxygens (including phenoxy) is 1. The molecule has 1 saturated heterocycles. The molecular formula is C25H34N6O4S. The smallest absolute Gasteiger partial charge is 0.269 e. The summed E-state index contributed by atoms with van der Waals surface area (Å²) in [6.07, 6.45) is 3.72. The number of anilines is 1. The van der Waals surface area contributed by atoms with Crippen LogP contribution < -0.4 is 10.9 Å². The van der Waals surface area contributed by atoms with E-state index < -0.39 is 10.0 Å². The molecule has 4 rings (SSSR count). The molecule has 36 heavy (non-hydrogen) atoms. The van der Waals surface area contributed by atoms with Gasteiger partial charge in [-0.15, -0.1) is 0 Å². The van der Waals surface area contributed by atoms with Crippen LogP contribution in [0.4, 0.5) is 5.82 Å². The van der Waals surface area contributed by atoms with E-state index in [0.29, 0.717) is 24.6 Å². The Kier molecular flexibility index (Phi) is 7.35. The molecule has 2 aromatic heterocycles. The summed E-state index contributed by atoms with van der Waals surface area (Å²) in [6, 6.07) is 8.22. The second-order valence-electron chi connectivity index (χ2n) is 10.2. The standard InChI is InChI=1S/C25H34N6O4S/c1-6-18-14-30(16-35-25(3,4)5)15-20(18)24(32)29-28-22-13-26-23-21(27-22)11-12-31(23)36(33,34)19-9-7-17(2)8-10-19/h7-13,18,20H,6,14-16H2,1-5H3,(H,27,28)(H,29,32). The number of rotatable bonds is 8. The van der Waals surface area contributed by atoms with Gasteiger partial charge in [0.15, 0.2) is 11.5 Å². The molecule has 1 aliphatic heterocycles. The fourth-order valence-electron chi connectivity index (χ4n) is 4.25. The fourth-order valence-corrected chi connectivity index (χ4v) is 5.54. The average molecular weight is 515 g/mol. The number of hydrazine groups is 1. The molecule has 0 radical (unpaired) electrons. The van der Waals surface area contributed by atoms with E-state index in [2.05, 4.69) is 32.6 Å². The summed E-state index contributed by atoms with van der Waals surface area (Å²) in [5.41, 5.74) is 6.92. The van der Waals surface area contributed by atoms with E-state index >= 15 is 0 Å². The van der Waals surface area contributed by atoms with Gasteiger partial charge in [0.1, 0.15) is 5.52 Å². The first-order valence-electron chi connectivity index (χ1n) is 12.1. The van der Waals surface area contributed by atoms with E-state index in [4.69, 9.17) is 4.74 Å². The number of aromatic nitrogens is 3. The normalized spacial score (nSPS) is 19.0. The zero-order valence-electron chi connectivity index (χ0n) is 21.4. The van der Waals surface area contributed by atoms with Crippen molar-refractivity contribution in [3.05, 3.63) is 48.3 Å². The number of nitrogens with one attached hydrogen (secondary N) is 2. The van der Waals surface area contributed by atoms with Crippen molar-refractivity contribution in [3.63, 3.8) is 0 Å². The van der Waals surface area contributed by atoms with Crippen molar-refractivity contribution in [1.82, 2.24) is 24.3 Å². The van der Waals surface area contributed by atoms with E-state index in [1.165, 1.54) is 12.4 Å². The lowest BCUT2D eigenvalue weighted by Crippen LogP contribution is -2.39. The first-order chi connectivity index (χ1) is 17.0. The van der Waals surface area contributed by atoms with Crippen LogP contribution >= 0.6 is 0 Å². The van der Waals surface area contributed by atoms with Crippen LogP contribution in [0.25, 0.3) is 11.2 Å². The van der Waals surface area contributed by atoms with Crippen molar-refractivity contribution in [2.45, 2.75) is 51.5 Å². The topological polar surface area (TPSA) is 118 Å². The van der Waals surface area contributed by atoms with Crippen LogP contribution in [-0.2, 0) is 19.6 Å². The third kappa shape index (κ3) is 5.69. The molecule has 10 nitrogen and oxygen atoms in total. The minimum atomic E-state index is -3.81. The van der Waals surface area contributed by atoms with Gasteiger partial charge in [-0.1, -0.05) is 31.0 Å². The number of carbonyl (C=O) groups is 1. The minimum Gasteiger partial charge on any atom is -0.360 e. The largest absolute Gasteiger partial charge is 0.360 e. The quantitative estimate of drug-likeness (QED) is 0.440. The van der Waals surface area contributed by atoms with E-state index in [-0.39, 0.29) is 33.9 Å². The molecule has 0 aliphatic carbocycles. The summed E-state index contributed by atoms with van der Waals surface area (Å²) in [6.45, 7) is 11.9. The first-order valence-corrected chi connectivity index (χ1v) is 13.5. The lowest BCUT2D eigenvalue weighted by atomic mass is 9.93. The summed E-state index contributed by atoms with van der Waals surface area (Å²) in [5, 5.41) is 0.